The fraction of sp³-hybridized carbons (Fsp3) is 0.154. The van der Waals surface area contributed by atoms with Gasteiger partial charge in [-0.2, -0.15) is 5.10 Å². The maximum Gasteiger partial charge on any atom is 0.121 e. The van der Waals surface area contributed by atoms with Crippen LogP contribution in [-0.4, -0.2) is 19.9 Å². The number of nitrogen functional groups attached to an aromatic ring is 1. The number of aryl methyl sites for hydroxylation is 2. The molecule has 0 spiro atoms. The van der Waals surface area contributed by atoms with Gasteiger partial charge in [0.25, 0.3) is 0 Å². The number of nitrogens with zero attached hydrogens (tertiary/aromatic N) is 2. The predicted molar refractivity (Wildman–Crippen MR) is 71.3 cm³/mol. The number of phenols is 1. The first-order valence-electron chi connectivity index (χ1n) is 5.67. The molecule has 2 aromatic heterocycles. The summed E-state index contributed by atoms with van der Waals surface area (Å²) in [4.78, 5) is 3.28. The first-order chi connectivity index (χ1) is 8.56. The Labute approximate surface area is 104 Å². The summed E-state index contributed by atoms with van der Waals surface area (Å²) in [6.07, 6.45) is 0. The Morgan fingerprint density at radius 3 is 2.78 bits per heavy atom. The molecule has 18 heavy (non-hydrogen) atoms. The van der Waals surface area contributed by atoms with Crippen molar-refractivity contribution >= 4 is 16.7 Å². The number of rotatable bonds is 1. The summed E-state index contributed by atoms with van der Waals surface area (Å²) in [7, 11) is 1.81. The van der Waals surface area contributed by atoms with Crippen molar-refractivity contribution in [2.75, 3.05) is 5.73 Å². The standard InChI is InChI=1S/C13H14N4O/c1-7-13(11-6-12(14)17(2)16-11)9-5-8(18)3-4-10(9)15-7/h3-6,15,18H,14H2,1-2H3. The number of fused-ring (bicyclic) bond motifs is 1. The predicted octanol–water partition coefficient (Wildman–Crippen LogP) is 2.16. The summed E-state index contributed by atoms with van der Waals surface area (Å²) >= 11 is 0. The number of hydrogen-bond donors (Lipinski definition) is 3. The van der Waals surface area contributed by atoms with E-state index < -0.39 is 0 Å². The average Bonchev–Trinajstić information content (AvgIpc) is 2.79. The van der Waals surface area contributed by atoms with Crippen LogP contribution in [0.25, 0.3) is 22.2 Å². The molecule has 0 saturated carbocycles. The number of hydrogen-bond acceptors (Lipinski definition) is 3. The van der Waals surface area contributed by atoms with Crippen LogP contribution in [0.2, 0.25) is 0 Å². The summed E-state index contributed by atoms with van der Waals surface area (Å²) in [6.45, 7) is 1.98. The minimum absolute atomic E-state index is 0.242. The quantitative estimate of drug-likeness (QED) is 0.611. The van der Waals surface area contributed by atoms with E-state index in [9.17, 15) is 5.11 Å². The number of H-pyrrole nitrogens is 1. The smallest absolute Gasteiger partial charge is 0.121 e. The molecule has 0 amide bonds. The number of phenolic OH excluding ortho intramolecular Hbond substituents is 1. The van der Waals surface area contributed by atoms with Gasteiger partial charge in [0.05, 0.1) is 5.69 Å². The lowest BCUT2D eigenvalue weighted by Gasteiger charge is -1.97. The lowest BCUT2D eigenvalue weighted by atomic mass is 10.1. The number of anilines is 1. The maximum atomic E-state index is 9.61. The molecule has 0 aliphatic carbocycles. The van der Waals surface area contributed by atoms with Crippen molar-refractivity contribution < 1.29 is 5.11 Å². The van der Waals surface area contributed by atoms with Crippen LogP contribution in [0.3, 0.4) is 0 Å². The van der Waals surface area contributed by atoms with Gasteiger partial charge in [-0.1, -0.05) is 0 Å². The van der Waals surface area contributed by atoms with Crippen LogP contribution in [0.15, 0.2) is 24.3 Å². The molecule has 0 bridgehead atoms. The molecule has 3 aromatic rings. The van der Waals surface area contributed by atoms with Crippen molar-refractivity contribution in [3.63, 3.8) is 0 Å². The molecule has 5 nitrogen and oxygen atoms in total. The van der Waals surface area contributed by atoms with Crippen LogP contribution >= 0.6 is 0 Å². The normalized spacial score (nSPS) is 11.2. The van der Waals surface area contributed by atoms with Gasteiger partial charge in [-0.25, -0.2) is 0 Å². The summed E-state index contributed by atoms with van der Waals surface area (Å²) in [5, 5.41) is 14.9. The van der Waals surface area contributed by atoms with Crippen LogP contribution in [0.1, 0.15) is 5.69 Å². The maximum absolute atomic E-state index is 9.61. The summed E-state index contributed by atoms with van der Waals surface area (Å²) in [5.41, 5.74) is 9.59. The zero-order chi connectivity index (χ0) is 12.9. The molecule has 2 heterocycles. The van der Waals surface area contributed by atoms with Gasteiger partial charge in [-0.05, 0) is 25.1 Å². The number of aromatic nitrogens is 3. The van der Waals surface area contributed by atoms with Gasteiger partial charge >= 0.3 is 0 Å². The topological polar surface area (TPSA) is 79.9 Å². The van der Waals surface area contributed by atoms with Crippen LogP contribution < -0.4 is 5.73 Å². The Morgan fingerprint density at radius 2 is 2.11 bits per heavy atom. The minimum atomic E-state index is 0.242. The van der Waals surface area contributed by atoms with E-state index in [1.165, 1.54) is 0 Å². The average molecular weight is 242 g/mol. The third kappa shape index (κ3) is 1.44. The molecule has 92 valence electrons. The molecular formula is C13H14N4O. The molecule has 0 atom stereocenters. The zero-order valence-electron chi connectivity index (χ0n) is 10.2. The second kappa shape index (κ2) is 3.53. The van der Waals surface area contributed by atoms with Gasteiger partial charge < -0.3 is 15.8 Å². The largest absolute Gasteiger partial charge is 0.508 e. The summed E-state index contributed by atoms with van der Waals surface area (Å²) < 4.78 is 1.64. The Hall–Kier alpha value is -2.43. The molecule has 0 saturated heterocycles. The Kier molecular flexibility index (Phi) is 2.10. The van der Waals surface area contributed by atoms with Gasteiger partial charge in [0.1, 0.15) is 11.6 Å². The first kappa shape index (κ1) is 10.7. The second-order valence-electron chi connectivity index (χ2n) is 4.43. The van der Waals surface area contributed by atoms with E-state index in [0.29, 0.717) is 5.82 Å². The SMILES string of the molecule is Cc1[nH]c2ccc(O)cc2c1-c1cc(N)n(C)n1. The van der Waals surface area contributed by atoms with Crippen molar-refractivity contribution in [1.82, 2.24) is 14.8 Å². The number of benzene rings is 1. The van der Waals surface area contributed by atoms with E-state index in [4.69, 9.17) is 5.73 Å². The van der Waals surface area contributed by atoms with Crippen LogP contribution in [0.4, 0.5) is 5.82 Å². The highest BCUT2D eigenvalue weighted by molar-refractivity contribution is 5.97. The molecule has 4 N–H and O–H groups in total. The van der Waals surface area contributed by atoms with Gasteiger partial charge in [0, 0.05) is 35.3 Å². The molecule has 0 aliphatic heterocycles. The molecule has 0 aliphatic rings. The van der Waals surface area contributed by atoms with Gasteiger partial charge in [0.2, 0.25) is 0 Å². The Bertz CT molecular complexity index is 719. The fourth-order valence-corrected chi connectivity index (χ4v) is 2.25. The molecule has 0 unspecified atom stereocenters. The minimum Gasteiger partial charge on any atom is -0.508 e. The molecule has 3 rings (SSSR count). The van der Waals surface area contributed by atoms with Gasteiger partial charge in [-0.15, -0.1) is 0 Å². The lowest BCUT2D eigenvalue weighted by molar-refractivity contribution is 0.476. The number of nitrogens with one attached hydrogen (secondary N) is 1. The molecule has 0 radical (unpaired) electrons. The van der Waals surface area contributed by atoms with E-state index in [2.05, 4.69) is 10.1 Å². The van der Waals surface area contributed by atoms with Crippen molar-refractivity contribution in [3.8, 4) is 17.0 Å². The van der Waals surface area contributed by atoms with E-state index in [0.717, 1.165) is 27.9 Å². The molecule has 1 aromatic carbocycles. The fourth-order valence-electron chi connectivity index (χ4n) is 2.25. The van der Waals surface area contributed by atoms with Gasteiger partial charge in [0.15, 0.2) is 0 Å². The van der Waals surface area contributed by atoms with Crippen LogP contribution in [0.5, 0.6) is 5.75 Å². The highest BCUT2D eigenvalue weighted by Crippen LogP contribution is 2.33. The van der Waals surface area contributed by atoms with Gasteiger partial charge in [-0.3, -0.25) is 4.68 Å². The van der Waals surface area contributed by atoms with E-state index >= 15 is 0 Å². The molecule has 0 fully saturated rings. The third-order valence-corrected chi connectivity index (χ3v) is 3.14. The summed E-state index contributed by atoms with van der Waals surface area (Å²) in [6, 6.07) is 7.08. The highest BCUT2D eigenvalue weighted by Gasteiger charge is 2.14. The monoisotopic (exact) mass is 242 g/mol. The Balaban J connectivity index is 2.33. The molecule has 5 heteroatoms. The van der Waals surface area contributed by atoms with Crippen molar-refractivity contribution in [2.24, 2.45) is 7.05 Å². The van der Waals surface area contributed by atoms with Crippen molar-refractivity contribution in [2.45, 2.75) is 6.92 Å². The molecular weight excluding hydrogens is 228 g/mol. The number of aromatic amines is 1. The first-order valence-corrected chi connectivity index (χ1v) is 5.67. The second-order valence-corrected chi connectivity index (χ2v) is 4.43. The van der Waals surface area contributed by atoms with E-state index in [-0.39, 0.29) is 5.75 Å². The van der Waals surface area contributed by atoms with Crippen LogP contribution in [0, 0.1) is 6.92 Å². The van der Waals surface area contributed by atoms with E-state index in [1.54, 1.807) is 23.9 Å². The highest BCUT2D eigenvalue weighted by atomic mass is 16.3. The number of aromatic hydroxyl groups is 1. The van der Waals surface area contributed by atoms with Crippen molar-refractivity contribution in [3.05, 3.63) is 30.0 Å². The number of nitrogens with two attached hydrogens (primary N) is 1. The van der Waals surface area contributed by atoms with Crippen LogP contribution in [-0.2, 0) is 7.05 Å². The summed E-state index contributed by atoms with van der Waals surface area (Å²) in [5.74, 6) is 0.852. The van der Waals surface area contributed by atoms with E-state index in [1.807, 2.05) is 19.1 Å². The zero-order valence-corrected chi connectivity index (χ0v) is 10.2. The Morgan fingerprint density at radius 1 is 1.33 bits per heavy atom. The van der Waals surface area contributed by atoms with Crippen molar-refractivity contribution in [1.29, 1.82) is 0 Å². The third-order valence-electron chi connectivity index (χ3n) is 3.14. The lowest BCUT2D eigenvalue weighted by Crippen LogP contribution is -1.96.